The topological polar surface area (TPSA) is 57.6 Å². The lowest BCUT2D eigenvalue weighted by atomic mass is 9.83. The Balaban J connectivity index is 2.45. The van der Waals surface area contributed by atoms with Crippen molar-refractivity contribution in [2.24, 2.45) is 5.92 Å². The normalized spacial score (nSPS) is 23.2. The Hall–Kier alpha value is -1.36. The van der Waals surface area contributed by atoms with Gasteiger partial charge in [0.15, 0.2) is 0 Å². The van der Waals surface area contributed by atoms with Gasteiger partial charge in [-0.2, -0.15) is 0 Å². The average molecular weight is 340 g/mol. The number of carbonyl (C=O) groups excluding carboxylic acids is 1. The molecule has 2 unspecified atom stereocenters. The monoisotopic (exact) mass is 339 g/mol. The number of carboxylic acids is 1. The number of hydrogen-bond acceptors (Lipinski definition) is 2. The average Bonchev–Trinajstić information content (AvgIpc) is 2.38. The third kappa shape index (κ3) is 2.87. The summed E-state index contributed by atoms with van der Waals surface area (Å²) in [6.07, 6.45) is 0.709. The van der Waals surface area contributed by atoms with Gasteiger partial charge in [0.25, 0.3) is 0 Å². The first-order chi connectivity index (χ1) is 9.41. The van der Waals surface area contributed by atoms with Crippen LogP contribution in [0.2, 0.25) is 0 Å². The smallest absolute Gasteiger partial charge is 0.308 e. The zero-order valence-corrected chi connectivity index (χ0v) is 13.1. The number of hydrogen-bond donors (Lipinski definition) is 1. The van der Waals surface area contributed by atoms with Crippen LogP contribution in [0.25, 0.3) is 0 Å². The molecule has 2 rings (SSSR count). The van der Waals surface area contributed by atoms with Gasteiger partial charge in [0.05, 0.1) is 12.0 Å². The molecule has 108 valence electrons. The van der Waals surface area contributed by atoms with Gasteiger partial charge in [-0.1, -0.05) is 28.1 Å². The third-order valence-electron chi connectivity index (χ3n) is 3.72. The van der Waals surface area contributed by atoms with E-state index in [2.05, 4.69) is 15.9 Å². The fourth-order valence-corrected chi connectivity index (χ4v) is 3.10. The Bertz CT molecular complexity index is 512. The van der Waals surface area contributed by atoms with Crippen molar-refractivity contribution < 1.29 is 14.7 Å². The van der Waals surface area contributed by atoms with E-state index in [-0.39, 0.29) is 18.0 Å². The maximum Gasteiger partial charge on any atom is 0.308 e. The maximum absolute atomic E-state index is 12.2. The lowest BCUT2D eigenvalue weighted by Gasteiger charge is -2.42. The SMILES string of the molecule is CC(C)N1C(=O)CCC(C(=O)O)C1c1ccc(Br)cc1. The van der Waals surface area contributed by atoms with Crippen LogP contribution in [0.5, 0.6) is 0 Å². The standard InChI is InChI=1S/C15H18BrNO3/c1-9(2)17-13(18)8-7-12(15(19)20)14(17)10-3-5-11(16)6-4-10/h3-6,9,12,14H,7-8H2,1-2H3,(H,19,20). The number of aliphatic carboxylic acids is 1. The third-order valence-corrected chi connectivity index (χ3v) is 4.25. The molecule has 1 saturated heterocycles. The minimum Gasteiger partial charge on any atom is -0.481 e. The van der Waals surface area contributed by atoms with Gasteiger partial charge in [-0.05, 0) is 38.0 Å². The molecular weight excluding hydrogens is 322 g/mol. The van der Waals surface area contributed by atoms with Gasteiger partial charge >= 0.3 is 5.97 Å². The van der Waals surface area contributed by atoms with Crippen molar-refractivity contribution in [2.75, 3.05) is 0 Å². The molecular formula is C15H18BrNO3. The fraction of sp³-hybridized carbons (Fsp3) is 0.467. The highest BCUT2D eigenvalue weighted by atomic mass is 79.9. The van der Waals surface area contributed by atoms with Crippen LogP contribution < -0.4 is 0 Å². The number of carboxylic acid groups (broad SMARTS) is 1. The van der Waals surface area contributed by atoms with Crippen molar-refractivity contribution in [2.45, 2.75) is 38.8 Å². The minimum absolute atomic E-state index is 0.0155. The number of piperidine rings is 1. The molecule has 0 saturated carbocycles. The van der Waals surface area contributed by atoms with E-state index in [0.29, 0.717) is 12.8 Å². The predicted octanol–water partition coefficient (Wildman–Crippen LogP) is 3.22. The Kier molecular flexibility index (Phi) is 4.48. The van der Waals surface area contributed by atoms with E-state index in [9.17, 15) is 14.7 Å². The van der Waals surface area contributed by atoms with Crippen LogP contribution in [-0.4, -0.2) is 27.9 Å². The molecule has 1 aliphatic rings. The largest absolute Gasteiger partial charge is 0.481 e. The molecule has 2 atom stereocenters. The van der Waals surface area contributed by atoms with Gasteiger partial charge in [0, 0.05) is 16.9 Å². The molecule has 20 heavy (non-hydrogen) atoms. The molecule has 0 bridgehead atoms. The van der Waals surface area contributed by atoms with Crippen LogP contribution in [0.3, 0.4) is 0 Å². The molecule has 1 fully saturated rings. The lowest BCUT2D eigenvalue weighted by Crippen LogP contribution is -2.48. The maximum atomic E-state index is 12.2. The van der Waals surface area contributed by atoms with Crippen molar-refractivity contribution in [1.29, 1.82) is 0 Å². The van der Waals surface area contributed by atoms with Crippen LogP contribution in [0.15, 0.2) is 28.7 Å². The number of rotatable bonds is 3. The summed E-state index contributed by atoms with van der Waals surface area (Å²) in [5.74, 6) is -1.35. The number of benzene rings is 1. The highest BCUT2D eigenvalue weighted by Gasteiger charge is 2.41. The Morgan fingerprint density at radius 3 is 2.45 bits per heavy atom. The van der Waals surface area contributed by atoms with Gasteiger partial charge in [-0.3, -0.25) is 9.59 Å². The molecule has 1 heterocycles. The lowest BCUT2D eigenvalue weighted by molar-refractivity contribution is -0.153. The molecule has 0 spiro atoms. The van der Waals surface area contributed by atoms with Crippen molar-refractivity contribution in [3.63, 3.8) is 0 Å². The number of nitrogens with zero attached hydrogens (tertiary/aromatic N) is 1. The van der Waals surface area contributed by atoms with E-state index < -0.39 is 11.9 Å². The molecule has 5 heteroatoms. The second-order valence-electron chi connectivity index (χ2n) is 5.37. The molecule has 1 aliphatic heterocycles. The summed E-state index contributed by atoms with van der Waals surface area (Å²) in [5.41, 5.74) is 0.877. The van der Waals surface area contributed by atoms with Crippen LogP contribution >= 0.6 is 15.9 Å². The second kappa shape index (κ2) is 5.95. The van der Waals surface area contributed by atoms with Gasteiger partial charge in [0.1, 0.15) is 0 Å². The van der Waals surface area contributed by atoms with Crippen LogP contribution in [0.4, 0.5) is 0 Å². The first-order valence-electron chi connectivity index (χ1n) is 6.71. The van der Waals surface area contributed by atoms with Gasteiger partial charge in [-0.25, -0.2) is 0 Å². The highest BCUT2D eigenvalue weighted by Crippen LogP contribution is 2.38. The first kappa shape index (κ1) is 15.0. The summed E-state index contributed by atoms with van der Waals surface area (Å²) in [4.78, 5) is 25.4. The second-order valence-corrected chi connectivity index (χ2v) is 6.29. The number of likely N-dealkylation sites (tertiary alicyclic amines) is 1. The molecule has 0 aromatic heterocycles. The fourth-order valence-electron chi connectivity index (χ4n) is 2.84. The Morgan fingerprint density at radius 2 is 1.95 bits per heavy atom. The van der Waals surface area contributed by atoms with Crippen molar-refractivity contribution in [3.8, 4) is 0 Å². The summed E-state index contributed by atoms with van der Waals surface area (Å²) in [6, 6.07) is 7.13. The van der Waals surface area contributed by atoms with Gasteiger partial charge < -0.3 is 10.0 Å². The molecule has 0 radical (unpaired) electrons. The predicted molar refractivity (Wildman–Crippen MR) is 79.2 cm³/mol. The van der Waals surface area contributed by atoms with Crippen LogP contribution in [-0.2, 0) is 9.59 Å². The van der Waals surface area contributed by atoms with Gasteiger partial charge in [-0.15, -0.1) is 0 Å². The number of carbonyl (C=O) groups is 2. The van der Waals surface area contributed by atoms with E-state index in [4.69, 9.17) is 0 Å². The zero-order valence-electron chi connectivity index (χ0n) is 11.5. The van der Waals surface area contributed by atoms with E-state index in [0.717, 1.165) is 10.0 Å². The first-order valence-corrected chi connectivity index (χ1v) is 7.50. The molecule has 1 amide bonds. The van der Waals surface area contributed by atoms with Crippen LogP contribution in [0, 0.1) is 5.92 Å². The zero-order chi connectivity index (χ0) is 14.9. The Labute approximate surface area is 126 Å². The van der Waals surface area contributed by atoms with E-state index in [1.165, 1.54) is 0 Å². The molecule has 1 aromatic carbocycles. The summed E-state index contributed by atoms with van der Waals surface area (Å²) in [6.45, 7) is 3.85. The van der Waals surface area contributed by atoms with E-state index >= 15 is 0 Å². The number of amides is 1. The summed E-state index contributed by atoms with van der Waals surface area (Å²) < 4.78 is 0.936. The van der Waals surface area contributed by atoms with Crippen molar-refractivity contribution in [3.05, 3.63) is 34.3 Å². The molecule has 4 nitrogen and oxygen atoms in total. The molecule has 1 aromatic rings. The van der Waals surface area contributed by atoms with E-state index in [1.807, 2.05) is 38.1 Å². The molecule has 0 aliphatic carbocycles. The van der Waals surface area contributed by atoms with E-state index in [1.54, 1.807) is 4.90 Å². The molecule has 1 N–H and O–H groups in total. The van der Waals surface area contributed by atoms with Crippen LogP contribution in [0.1, 0.15) is 38.3 Å². The summed E-state index contributed by atoms with van der Waals surface area (Å²) >= 11 is 3.37. The summed E-state index contributed by atoms with van der Waals surface area (Å²) in [5, 5.41) is 9.46. The highest BCUT2D eigenvalue weighted by molar-refractivity contribution is 9.10. The quantitative estimate of drug-likeness (QED) is 0.919. The van der Waals surface area contributed by atoms with Gasteiger partial charge in [0.2, 0.25) is 5.91 Å². The minimum atomic E-state index is -0.837. The van der Waals surface area contributed by atoms with Crippen molar-refractivity contribution >= 4 is 27.8 Å². The summed E-state index contributed by atoms with van der Waals surface area (Å²) in [7, 11) is 0. The van der Waals surface area contributed by atoms with Crippen molar-refractivity contribution in [1.82, 2.24) is 4.90 Å². The number of halogens is 1. The Morgan fingerprint density at radius 1 is 1.35 bits per heavy atom.